The van der Waals surface area contributed by atoms with Crippen LogP contribution in [0.4, 0.5) is 0 Å². The van der Waals surface area contributed by atoms with Gasteiger partial charge in [-0.05, 0) is 64.4 Å². The van der Waals surface area contributed by atoms with Crippen LogP contribution in [0.25, 0.3) is 0 Å². The van der Waals surface area contributed by atoms with Crippen molar-refractivity contribution in [1.82, 2.24) is 10.2 Å². The van der Waals surface area contributed by atoms with E-state index in [1.165, 1.54) is 31.5 Å². The summed E-state index contributed by atoms with van der Waals surface area (Å²) in [5, 5.41) is 4.43. The van der Waals surface area contributed by atoms with Gasteiger partial charge in [0, 0.05) is 16.6 Å². The third-order valence-corrected chi connectivity index (χ3v) is 5.39. The third-order valence-electron chi connectivity index (χ3n) is 5.03. The zero-order chi connectivity index (χ0) is 14.6. The largest absolute Gasteiger partial charge is 0.315 e. The van der Waals surface area contributed by atoms with Gasteiger partial charge in [0.25, 0.3) is 0 Å². The summed E-state index contributed by atoms with van der Waals surface area (Å²) in [7, 11) is 2.07. The van der Waals surface area contributed by atoms with Gasteiger partial charge in [-0.1, -0.05) is 36.7 Å². The molecule has 2 nitrogen and oxygen atoms in total. The van der Waals surface area contributed by atoms with Crippen LogP contribution in [0.1, 0.15) is 38.7 Å². The molecule has 0 radical (unpaired) electrons. The van der Waals surface area contributed by atoms with E-state index in [0.717, 1.165) is 17.9 Å². The summed E-state index contributed by atoms with van der Waals surface area (Å²) in [6, 6.07) is 8.63. The monoisotopic (exact) mass is 294 g/mol. The zero-order valence-electron chi connectivity index (χ0n) is 13.0. The topological polar surface area (TPSA) is 15.3 Å². The summed E-state index contributed by atoms with van der Waals surface area (Å²) >= 11 is 6.34. The van der Waals surface area contributed by atoms with E-state index in [-0.39, 0.29) is 5.54 Å². The molecule has 1 fully saturated rings. The second-order valence-electron chi connectivity index (χ2n) is 6.04. The van der Waals surface area contributed by atoms with E-state index in [9.17, 15) is 0 Å². The highest BCUT2D eigenvalue weighted by molar-refractivity contribution is 6.31. The van der Waals surface area contributed by atoms with Crippen LogP contribution in [0.15, 0.2) is 24.3 Å². The van der Waals surface area contributed by atoms with E-state index in [0.29, 0.717) is 6.04 Å². The van der Waals surface area contributed by atoms with Gasteiger partial charge in [-0.3, -0.25) is 4.90 Å². The van der Waals surface area contributed by atoms with Gasteiger partial charge < -0.3 is 5.32 Å². The lowest BCUT2D eigenvalue weighted by Crippen LogP contribution is -2.58. The first-order chi connectivity index (χ1) is 9.61. The molecule has 2 unspecified atom stereocenters. The minimum absolute atomic E-state index is 0.199. The number of hydrogen-bond donors (Lipinski definition) is 1. The molecule has 20 heavy (non-hydrogen) atoms. The van der Waals surface area contributed by atoms with Crippen molar-refractivity contribution in [1.29, 1.82) is 0 Å². The lowest BCUT2D eigenvalue weighted by molar-refractivity contribution is 0.0873. The van der Waals surface area contributed by atoms with Crippen LogP contribution in [0.2, 0.25) is 5.02 Å². The fourth-order valence-electron chi connectivity index (χ4n) is 3.44. The zero-order valence-corrected chi connectivity index (χ0v) is 13.7. The summed E-state index contributed by atoms with van der Waals surface area (Å²) in [5.74, 6) is 0. The summed E-state index contributed by atoms with van der Waals surface area (Å²) in [6.45, 7) is 7.15. The highest BCUT2D eigenvalue weighted by Crippen LogP contribution is 2.30. The van der Waals surface area contributed by atoms with Crippen molar-refractivity contribution in [3.63, 3.8) is 0 Å². The first kappa shape index (κ1) is 15.8. The molecule has 0 amide bonds. The standard InChI is InChI=1S/C17H27ClN2/c1-4-17(2,20-11-7-8-12-20)16(19-3)13-14-9-5-6-10-15(14)18/h5-6,9-10,16,19H,4,7-8,11-13H2,1-3H3. The summed E-state index contributed by atoms with van der Waals surface area (Å²) in [6.07, 6.45) is 4.80. The Morgan fingerprint density at radius 2 is 1.95 bits per heavy atom. The number of nitrogens with zero attached hydrogens (tertiary/aromatic N) is 1. The number of nitrogens with one attached hydrogen (secondary N) is 1. The molecule has 0 aliphatic carbocycles. The number of halogens is 1. The Balaban J connectivity index is 2.19. The van der Waals surface area contributed by atoms with Gasteiger partial charge in [-0.25, -0.2) is 0 Å². The van der Waals surface area contributed by atoms with Gasteiger partial charge in [0.2, 0.25) is 0 Å². The lowest BCUT2D eigenvalue weighted by Gasteiger charge is -2.44. The SMILES string of the molecule is CCC(C)(C(Cc1ccccc1Cl)NC)N1CCCC1. The molecule has 0 bridgehead atoms. The minimum atomic E-state index is 0.199. The van der Waals surface area contributed by atoms with Gasteiger partial charge in [0.05, 0.1) is 0 Å². The summed E-state index contributed by atoms with van der Waals surface area (Å²) in [5.41, 5.74) is 1.44. The predicted octanol–water partition coefficient (Wildman–Crippen LogP) is 3.74. The first-order valence-electron chi connectivity index (χ1n) is 7.77. The minimum Gasteiger partial charge on any atom is -0.315 e. The Kier molecular flexibility index (Phi) is 5.48. The van der Waals surface area contributed by atoms with Gasteiger partial charge in [-0.15, -0.1) is 0 Å². The molecular formula is C17H27ClN2. The fraction of sp³-hybridized carbons (Fsp3) is 0.647. The Hall–Kier alpha value is -0.570. The number of likely N-dealkylation sites (N-methyl/N-ethyl adjacent to an activating group) is 1. The van der Waals surface area contributed by atoms with E-state index in [1.54, 1.807) is 0 Å². The number of hydrogen-bond acceptors (Lipinski definition) is 2. The molecule has 1 aliphatic rings. The average Bonchev–Trinajstić information content (AvgIpc) is 3.00. The summed E-state index contributed by atoms with van der Waals surface area (Å²) < 4.78 is 0. The van der Waals surface area contributed by atoms with E-state index < -0.39 is 0 Å². The Bertz CT molecular complexity index is 429. The van der Waals surface area contributed by atoms with E-state index in [4.69, 9.17) is 11.6 Å². The van der Waals surface area contributed by atoms with Crippen LogP contribution in [-0.4, -0.2) is 36.6 Å². The average molecular weight is 295 g/mol. The smallest absolute Gasteiger partial charge is 0.0438 e. The second kappa shape index (κ2) is 6.93. The third kappa shape index (κ3) is 3.19. The Labute approximate surface area is 128 Å². The number of rotatable bonds is 6. The molecule has 0 aromatic heterocycles. The normalized spacial score (nSPS) is 20.8. The van der Waals surface area contributed by atoms with Crippen LogP contribution >= 0.6 is 11.6 Å². The molecular weight excluding hydrogens is 268 g/mol. The Morgan fingerprint density at radius 1 is 1.30 bits per heavy atom. The maximum atomic E-state index is 6.34. The van der Waals surface area contributed by atoms with Gasteiger partial charge in [0.15, 0.2) is 0 Å². The molecule has 0 saturated carbocycles. The molecule has 1 aromatic carbocycles. The van der Waals surface area contributed by atoms with Crippen LogP contribution in [0.3, 0.4) is 0 Å². The molecule has 3 heteroatoms. The molecule has 1 aliphatic heterocycles. The molecule has 1 saturated heterocycles. The van der Waals surface area contributed by atoms with Crippen LogP contribution in [-0.2, 0) is 6.42 Å². The molecule has 2 rings (SSSR count). The van der Waals surface area contributed by atoms with Gasteiger partial charge >= 0.3 is 0 Å². The molecule has 2 atom stereocenters. The maximum Gasteiger partial charge on any atom is 0.0438 e. The summed E-state index contributed by atoms with van der Waals surface area (Å²) in [4.78, 5) is 2.66. The lowest BCUT2D eigenvalue weighted by atomic mass is 9.83. The molecule has 112 valence electrons. The van der Waals surface area contributed by atoms with Crippen LogP contribution in [0, 0.1) is 0 Å². The van der Waals surface area contributed by atoms with Crippen molar-refractivity contribution in [2.45, 2.75) is 51.1 Å². The van der Waals surface area contributed by atoms with Gasteiger partial charge in [-0.2, -0.15) is 0 Å². The predicted molar refractivity (Wildman–Crippen MR) is 87.5 cm³/mol. The van der Waals surface area contributed by atoms with Gasteiger partial charge in [0.1, 0.15) is 0 Å². The molecule has 1 N–H and O–H groups in total. The molecule has 1 heterocycles. The number of likely N-dealkylation sites (tertiary alicyclic amines) is 1. The second-order valence-corrected chi connectivity index (χ2v) is 6.45. The fourth-order valence-corrected chi connectivity index (χ4v) is 3.65. The van der Waals surface area contributed by atoms with Crippen molar-refractivity contribution in [2.75, 3.05) is 20.1 Å². The maximum absolute atomic E-state index is 6.34. The van der Waals surface area contributed by atoms with E-state index >= 15 is 0 Å². The van der Waals surface area contributed by atoms with Crippen molar-refractivity contribution in [3.8, 4) is 0 Å². The van der Waals surface area contributed by atoms with Crippen molar-refractivity contribution < 1.29 is 0 Å². The van der Waals surface area contributed by atoms with Crippen molar-refractivity contribution in [3.05, 3.63) is 34.9 Å². The molecule has 1 aromatic rings. The van der Waals surface area contributed by atoms with Crippen LogP contribution in [0.5, 0.6) is 0 Å². The first-order valence-corrected chi connectivity index (χ1v) is 8.15. The highest BCUT2D eigenvalue weighted by atomic mass is 35.5. The molecule has 0 spiro atoms. The number of benzene rings is 1. The van der Waals surface area contributed by atoms with E-state index in [1.807, 2.05) is 12.1 Å². The highest BCUT2D eigenvalue weighted by Gasteiger charge is 2.38. The Morgan fingerprint density at radius 3 is 2.50 bits per heavy atom. The van der Waals surface area contributed by atoms with Crippen molar-refractivity contribution in [2.24, 2.45) is 0 Å². The quantitative estimate of drug-likeness (QED) is 0.860. The van der Waals surface area contributed by atoms with Crippen molar-refractivity contribution >= 4 is 11.6 Å². The van der Waals surface area contributed by atoms with Crippen LogP contribution < -0.4 is 5.32 Å². The van der Waals surface area contributed by atoms with E-state index in [2.05, 4.69) is 43.2 Å².